The highest BCUT2D eigenvalue weighted by Crippen LogP contribution is 2.25. The van der Waals surface area contributed by atoms with Crippen LogP contribution in [-0.2, 0) is 27.5 Å². The summed E-state index contributed by atoms with van der Waals surface area (Å²) in [4.78, 5) is 23.8. The number of aryl methyl sites for hydroxylation is 2. The fourth-order valence-corrected chi connectivity index (χ4v) is 4.39. The number of hydrogen-bond acceptors (Lipinski definition) is 4. The topological polar surface area (TPSA) is 106 Å². The Balaban J connectivity index is 1.66. The third-order valence-corrected chi connectivity index (χ3v) is 6.21. The van der Waals surface area contributed by atoms with E-state index in [0.717, 1.165) is 24.8 Å². The molecule has 7 heteroatoms. The largest absolute Gasteiger partial charge is 0.366 e. The van der Waals surface area contributed by atoms with E-state index >= 15 is 0 Å². The molecule has 3 N–H and O–H groups in total. The van der Waals surface area contributed by atoms with Gasteiger partial charge in [-0.1, -0.05) is 18.2 Å². The van der Waals surface area contributed by atoms with Gasteiger partial charge in [-0.15, -0.1) is 0 Å². The zero-order valence-electron chi connectivity index (χ0n) is 14.2. The van der Waals surface area contributed by atoms with Gasteiger partial charge in [-0.3, -0.25) is 9.59 Å². The SMILES string of the molecule is NC(=O)c1ccccc1NC(=O)CCS(=O)(=O)c1ccc2c(c1)CCC2. The molecule has 2 amide bonds. The number of amides is 2. The third kappa shape index (κ3) is 3.94. The molecule has 3 rings (SSSR count). The van der Waals surface area contributed by atoms with E-state index < -0.39 is 21.7 Å². The van der Waals surface area contributed by atoms with Crippen molar-refractivity contribution in [2.45, 2.75) is 30.6 Å². The van der Waals surface area contributed by atoms with E-state index in [0.29, 0.717) is 0 Å². The highest BCUT2D eigenvalue weighted by molar-refractivity contribution is 7.91. The van der Waals surface area contributed by atoms with E-state index in [2.05, 4.69) is 5.32 Å². The molecule has 6 nitrogen and oxygen atoms in total. The fourth-order valence-electron chi connectivity index (χ4n) is 3.11. The van der Waals surface area contributed by atoms with E-state index in [1.807, 2.05) is 6.07 Å². The van der Waals surface area contributed by atoms with Crippen molar-refractivity contribution in [3.8, 4) is 0 Å². The third-order valence-electron chi connectivity index (χ3n) is 4.49. The summed E-state index contributed by atoms with van der Waals surface area (Å²) >= 11 is 0. The van der Waals surface area contributed by atoms with Crippen LogP contribution in [-0.4, -0.2) is 26.0 Å². The van der Waals surface area contributed by atoms with Crippen molar-refractivity contribution in [1.29, 1.82) is 0 Å². The van der Waals surface area contributed by atoms with Crippen LogP contribution in [0.5, 0.6) is 0 Å². The Kier molecular flexibility index (Phi) is 5.08. The van der Waals surface area contributed by atoms with Gasteiger partial charge in [-0.2, -0.15) is 0 Å². The molecule has 1 aliphatic rings. The lowest BCUT2D eigenvalue weighted by molar-refractivity contribution is -0.115. The van der Waals surface area contributed by atoms with Gasteiger partial charge in [0.1, 0.15) is 0 Å². The number of para-hydroxylation sites is 1. The smallest absolute Gasteiger partial charge is 0.250 e. The van der Waals surface area contributed by atoms with Gasteiger partial charge in [0.25, 0.3) is 5.91 Å². The van der Waals surface area contributed by atoms with Crippen molar-refractivity contribution in [2.24, 2.45) is 5.73 Å². The molecule has 0 saturated carbocycles. The van der Waals surface area contributed by atoms with Crippen molar-refractivity contribution in [3.63, 3.8) is 0 Å². The second kappa shape index (κ2) is 7.29. The van der Waals surface area contributed by atoms with Gasteiger partial charge in [0.2, 0.25) is 5.91 Å². The summed E-state index contributed by atoms with van der Waals surface area (Å²) in [5.41, 5.74) is 8.00. The minimum atomic E-state index is -3.55. The van der Waals surface area contributed by atoms with Crippen molar-refractivity contribution < 1.29 is 18.0 Å². The number of rotatable bonds is 6. The number of nitrogens with one attached hydrogen (secondary N) is 1. The second-order valence-corrected chi connectivity index (χ2v) is 8.42. The van der Waals surface area contributed by atoms with Crippen molar-refractivity contribution in [2.75, 3.05) is 11.1 Å². The predicted octanol–water partition coefficient (Wildman–Crippen LogP) is 2.08. The first-order valence-corrected chi connectivity index (χ1v) is 10.1. The molecule has 0 aromatic heterocycles. The Morgan fingerprint density at radius 1 is 1.04 bits per heavy atom. The molecule has 0 saturated heterocycles. The molecule has 26 heavy (non-hydrogen) atoms. The molecule has 0 bridgehead atoms. The zero-order valence-corrected chi connectivity index (χ0v) is 15.0. The first-order valence-electron chi connectivity index (χ1n) is 8.40. The summed E-state index contributed by atoms with van der Waals surface area (Å²) in [6.07, 6.45) is 2.72. The number of nitrogens with two attached hydrogens (primary N) is 1. The summed E-state index contributed by atoms with van der Waals surface area (Å²) in [6, 6.07) is 11.5. The first kappa shape index (κ1) is 18.1. The number of hydrogen-bond donors (Lipinski definition) is 2. The molecule has 0 aliphatic heterocycles. The summed E-state index contributed by atoms with van der Waals surface area (Å²) < 4.78 is 25.0. The summed E-state index contributed by atoms with van der Waals surface area (Å²) in [7, 11) is -3.55. The number of anilines is 1. The molecule has 0 fully saturated rings. The highest BCUT2D eigenvalue weighted by atomic mass is 32.2. The number of sulfone groups is 1. The van der Waals surface area contributed by atoms with E-state index in [1.54, 1.807) is 30.3 Å². The lowest BCUT2D eigenvalue weighted by Gasteiger charge is -2.10. The van der Waals surface area contributed by atoms with Crippen molar-refractivity contribution in [1.82, 2.24) is 0 Å². The van der Waals surface area contributed by atoms with Crippen LogP contribution in [0.15, 0.2) is 47.4 Å². The minimum absolute atomic E-state index is 0.183. The number of benzene rings is 2. The Morgan fingerprint density at radius 2 is 1.77 bits per heavy atom. The Hall–Kier alpha value is -2.67. The molecule has 0 spiro atoms. The summed E-state index contributed by atoms with van der Waals surface area (Å²) in [5, 5.41) is 2.55. The number of fused-ring (bicyclic) bond motifs is 1. The maximum Gasteiger partial charge on any atom is 0.250 e. The monoisotopic (exact) mass is 372 g/mol. The molecule has 2 aromatic carbocycles. The van der Waals surface area contributed by atoms with Gasteiger partial charge in [-0.05, 0) is 54.7 Å². The lowest BCUT2D eigenvalue weighted by atomic mass is 10.1. The van der Waals surface area contributed by atoms with Gasteiger partial charge in [0, 0.05) is 6.42 Å². The van der Waals surface area contributed by atoms with Crippen LogP contribution < -0.4 is 11.1 Å². The summed E-state index contributed by atoms with van der Waals surface area (Å²) in [5.74, 6) is -1.44. The van der Waals surface area contributed by atoms with Gasteiger partial charge >= 0.3 is 0 Å². The van der Waals surface area contributed by atoms with E-state index in [9.17, 15) is 18.0 Å². The Labute approximate surface area is 152 Å². The predicted molar refractivity (Wildman–Crippen MR) is 98.7 cm³/mol. The van der Waals surface area contributed by atoms with Crippen molar-refractivity contribution in [3.05, 3.63) is 59.2 Å². The van der Waals surface area contributed by atoms with Crippen LogP contribution >= 0.6 is 0 Å². The lowest BCUT2D eigenvalue weighted by Crippen LogP contribution is -2.20. The van der Waals surface area contributed by atoms with Crippen LogP contribution in [0.3, 0.4) is 0 Å². The van der Waals surface area contributed by atoms with Crippen LogP contribution in [0, 0.1) is 0 Å². The van der Waals surface area contributed by atoms with Gasteiger partial charge in [-0.25, -0.2) is 8.42 Å². The van der Waals surface area contributed by atoms with Crippen molar-refractivity contribution >= 4 is 27.3 Å². The minimum Gasteiger partial charge on any atom is -0.366 e. The molecule has 0 unspecified atom stereocenters. The Morgan fingerprint density at radius 3 is 2.54 bits per heavy atom. The zero-order chi connectivity index (χ0) is 18.7. The average molecular weight is 372 g/mol. The van der Waals surface area contributed by atoms with Gasteiger partial charge < -0.3 is 11.1 Å². The van der Waals surface area contributed by atoms with Gasteiger partial charge in [0.15, 0.2) is 9.84 Å². The molecular weight excluding hydrogens is 352 g/mol. The molecule has 1 aliphatic carbocycles. The van der Waals surface area contributed by atoms with Crippen LogP contribution in [0.2, 0.25) is 0 Å². The molecular formula is C19H20N2O4S. The fraction of sp³-hybridized carbons (Fsp3) is 0.263. The highest BCUT2D eigenvalue weighted by Gasteiger charge is 2.20. The number of primary amides is 1. The number of carbonyl (C=O) groups excluding carboxylic acids is 2. The van der Waals surface area contributed by atoms with E-state index in [4.69, 9.17) is 5.73 Å². The molecule has 0 atom stereocenters. The molecule has 0 heterocycles. The summed E-state index contributed by atoms with van der Waals surface area (Å²) in [6.45, 7) is 0. The van der Waals surface area contributed by atoms with E-state index in [1.165, 1.54) is 11.6 Å². The molecule has 136 valence electrons. The normalized spacial score (nSPS) is 13.2. The quantitative estimate of drug-likeness (QED) is 0.809. The molecule has 0 radical (unpaired) electrons. The van der Waals surface area contributed by atoms with Crippen LogP contribution in [0.25, 0.3) is 0 Å². The second-order valence-electron chi connectivity index (χ2n) is 6.31. The maximum atomic E-state index is 12.5. The van der Waals surface area contributed by atoms with Crippen LogP contribution in [0.4, 0.5) is 5.69 Å². The Bertz CT molecular complexity index is 967. The molecule has 2 aromatic rings. The first-order chi connectivity index (χ1) is 12.4. The van der Waals surface area contributed by atoms with Crippen LogP contribution in [0.1, 0.15) is 34.3 Å². The number of carbonyl (C=O) groups is 2. The standard InChI is InChI=1S/C19H20N2O4S/c20-19(23)16-6-1-2-7-17(16)21-18(22)10-11-26(24,25)15-9-8-13-4-3-5-14(13)12-15/h1-2,6-9,12H,3-5,10-11H2,(H2,20,23)(H,21,22). The van der Waals surface area contributed by atoms with Gasteiger partial charge in [0.05, 0.1) is 21.9 Å². The van der Waals surface area contributed by atoms with E-state index in [-0.39, 0.29) is 28.3 Å². The maximum absolute atomic E-state index is 12.5. The average Bonchev–Trinajstić information content (AvgIpc) is 3.08.